The van der Waals surface area contributed by atoms with E-state index >= 15 is 0 Å². The summed E-state index contributed by atoms with van der Waals surface area (Å²) in [6, 6.07) is 12.3. The topological polar surface area (TPSA) is 155 Å². The SMILES string of the molecule is Cc1cc2cc(C)c1CC(O)CC(=O)Nc1ccc(S(=O)(=O)C3CC3)c(c1)CN(C)C(=O)C2Nc1ccc2c(N)ncc(F)c2c1. The number of carbonyl (C=O) groups excluding carboxylic acids is 2. The van der Waals surface area contributed by atoms with Gasteiger partial charge < -0.3 is 26.4 Å². The van der Waals surface area contributed by atoms with Crippen molar-refractivity contribution in [1.82, 2.24) is 9.88 Å². The lowest BCUT2D eigenvalue weighted by molar-refractivity contribution is -0.131. The summed E-state index contributed by atoms with van der Waals surface area (Å²) in [5.74, 6) is -1.14. The standard InChI is InChI=1S/C34H36FN5O5S/c1-18-10-20-11-19(2)27(18)14-24(41)15-31(42)38-22-5-9-30(46(44,45)25-6-7-25)21(12-22)17-40(3)34(43)32(20)39-23-4-8-26-28(13-23)29(35)16-37-33(26)36/h4-5,8-13,16,24-25,32,39,41H,6-7,14-15,17H2,1-3H3,(H2,36,37)(H,38,42). The number of rotatable bonds is 4. The zero-order chi connectivity index (χ0) is 32.9. The number of anilines is 3. The number of aryl methyl sites for hydroxylation is 2. The number of sulfone groups is 1. The van der Waals surface area contributed by atoms with Crippen LogP contribution in [0.25, 0.3) is 10.8 Å². The fourth-order valence-corrected chi connectivity index (χ4v) is 8.06. The van der Waals surface area contributed by atoms with Crippen LogP contribution in [0.2, 0.25) is 0 Å². The number of nitrogens with two attached hydrogens (primary N) is 1. The number of aromatic nitrogens is 1. The van der Waals surface area contributed by atoms with Gasteiger partial charge in [-0.2, -0.15) is 0 Å². The average molecular weight is 646 g/mol. The quantitative estimate of drug-likeness (QED) is 0.252. The van der Waals surface area contributed by atoms with Crippen molar-refractivity contribution in [2.24, 2.45) is 0 Å². The van der Waals surface area contributed by atoms with E-state index in [2.05, 4.69) is 15.6 Å². The summed E-state index contributed by atoms with van der Waals surface area (Å²) in [5.41, 5.74) is 10.3. The van der Waals surface area contributed by atoms with Crippen LogP contribution in [0.5, 0.6) is 0 Å². The van der Waals surface area contributed by atoms with E-state index < -0.39 is 39.0 Å². The zero-order valence-corrected chi connectivity index (χ0v) is 26.6. The first-order valence-corrected chi connectivity index (χ1v) is 16.7. The number of nitrogens with one attached hydrogen (secondary N) is 2. The summed E-state index contributed by atoms with van der Waals surface area (Å²) >= 11 is 0. The van der Waals surface area contributed by atoms with E-state index in [-0.39, 0.29) is 41.4 Å². The first-order chi connectivity index (χ1) is 21.8. The van der Waals surface area contributed by atoms with Crippen LogP contribution in [0.15, 0.2) is 59.6 Å². The number of hydrogen-bond donors (Lipinski definition) is 4. The predicted octanol–water partition coefficient (Wildman–Crippen LogP) is 4.57. The maximum atomic E-state index is 14.8. The van der Waals surface area contributed by atoms with Crippen LogP contribution < -0.4 is 16.4 Å². The number of fused-ring (bicyclic) bond motifs is 10. The molecule has 46 heavy (non-hydrogen) atoms. The second-order valence-electron chi connectivity index (χ2n) is 12.3. The molecular formula is C34H36FN5O5S. The molecule has 2 aliphatic heterocycles. The van der Waals surface area contributed by atoms with Gasteiger partial charge in [0.05, 0.1) is 28.9 Å². The number of likely N-dealkylation sites (N-methyl/N-ethyl adjacent to an activating group) is 1. The Hall–Kier alpha value is -4.55. The Morgan fingerprint density at radius 1 is 1.02 bits per heavy atom. The zero-order valence-electron chi connectivity index (χ0n) is 25.8. The molecule has 7 rings (SSSR count). The molecule has 10 nitrogen and oxygen atoms in total. The number of nitrogens with zero attached hydrogens (tertiary/aromatic N) is 2. The molecule has 1 aromatic heterocycles. The Bertz CT molecular complexity index is 1970. The molecule has 0 spiro atoms. The fourth-order valence-electron chi connectivity index (χ4n) is 6.19. The normalized spacial score (nSPS) is 19.4. The number of aliphatic hydroxyl groups is 1. The minimum absolute atomic E-state index is 0.0603. The average Bonchev–Trinajstić information content (AvgIpc) is 3.85. The van der Waals surface area contributed by atoms with Crippen LogP contribution in [-0.2, 0) is 32.4 Å². The number of carbonyl (C=O) groups is 2. The van der Waals surface area contributed by atoms with Gasteiger partial charge in [-0.25, -0.2) is 17.8 Å². The molecule has 2 unspecified atom stereocenters. The third-order valence-corrected chi connectivity index (χ3v) is 11.1. The van der Waals surface area contributed by atoms with Crippen LogP contribution in [-0.4, -0.2) is 53.6 Å². The second-order valence-corrected chi connectivity index (χ2v) is 14.5. The number of aliphatic hydroxyl groups excluding tert-OH is 1. The smallest absolute Gasteiger partial charge is 0.249 e. The number of hydrogen-bond acceptors (Lipinski definition) is 8. The van der Waals surface area contributed by atoms with E-state index in [4.69, 9.17) is 5.73 Å². The monoisotopic (exact) mass is 645 g/mol. The van der Waals surface area contributed by atoms with Crippen LogP contribution >= 0.6 is 0 Å². The van der Waals surface area contributed by atoms with Crippen molar-refractivity contribution in [3.8, 4) is 0 Å². The lowest BCUT2D eigenvalue weighted by atomic mass is 9.91. The van der Waals surface area contributed by atoms with Gasteiger partial charge in [-0.3, -0.25) is 9.59 Å². The molecule has 240 valence electrons. The molecule has 3 aromatic carbocycles. The first kappa shape index (κ1) is 31.4. The van der Waals surface area contributed by atoms with E-state index in [0.717, 1.165) is 22.9 Å². The van der Waals surface area contributed by atoms with E-state index in [1.807, 2.05) is 26.0 Å². The van der Waals surface area contributed by atoms with Crippen LogP contribution in [0, 0.1) is 19.7 Å². The van der Waals surface area contributed by atoms with Crippen molar-refractivity contribution < 1.29 is 27.5 Å². The highest BCUT2D eigenvalue weighted by molar-refractivity contribution is 7.92. The van der Waals surface area contributed by atoms with Crippen molar-refractivity contribution in [3.05, 3.63) is 88.4 Å². The van der Waals surface area contributed by atoms with Crippen LogP contribution in [0.4, 0.5) is 21.6 Å². The molecule has 0 radical (unpaired) electrons. The van der Waals surface area contributed by atoms with Crippen molar-refractivity contribution >= 4 is 49.6 Å². The van der Waals surface area contributed by atoms with Gasteiger partial charge in [-0.15, -0.1) is 0 Å². The molecule has 1 fully saturated rings. The Balaban J connectivity index is 1.46. The summed E-state index contributed by atoms with van der Waals surface area (Å²) in [5, 5.41) is 17.1. The highest BCUT2D eigenvalue weighted by Gasteiger charge is 2.38. The minimum atomic E-state index is -3.64. The molecule has 5 N–H and O–H groups in total. The molecule has 1 saturated carbocycles. The van der Waals surface area contributed by atoms with Crippen LogP contribution in [0.1, 0.15) is 53.1 Å². The van der Waals surface area contributed by atoms with E-state index in [1.54, 1.807) is 31.3 Å². The molecule has 3 aliphatic rings. The van der Waals surface area contributed by atoms with Gasteiger partial charge in [-0.05, 0) is 97.3 Å². The van der Waals surface area contributed by atoms with Crippen molar-refractivity contribution in [1.29, 1.82) is 0 Å². The molecule has 2 atom stereocenters. The summed E-state index contributed by atoms with van der Waals surface area (Å²) in [4.78, 5) is 32.7. The molecule has 0 saturated heterocycles. The Kier molecular flexibility index (Phi) is 8.20. The maximum Gasteiger partial charge on any atom is 0.249 e. The second kappa shape index (κ2) is 12.0. The largest absolute Gasteiger partial charge is 0.392 e. The molecule has 2 amide bonds. The number of pyridine rings is 1. The first-order valence-electron chi connectivity index (χ1n) is 15.1. The van der Waals surface area contributed by atoms with E-state index in [9.17, 15) is 27.5 Å². The van der Waals surface area contributed by atoms with Crippen molar-refractivity contribution in [2.75, 3.05) is 23.4 Å². The van der Waals surface area contributed by atoms with Gasteiger partial charge in [0.2, 0.25) is 11.8 Å². The van der Waals surface area contributed by atoms with Crippen molar-refractivity contribution in [2.45, 2.75) is 68.4 Å². The highest BCUT2D eigenvalue weighted by Crippen LogP contribution is 2.37. The molecular weight excluding hydrogens is 609 g/mol. The summed E-state index contributed by atoms with van der Waals surface area (Å²) in [6.45, 7) is 3.71. The van der Waals surface area contributed by atoms with Gasteiger partial charge in [0.25, 0.3) is 0 Å². The van der Waals surface area contributed by atoms with Gasteiger partial charge >= 0.3 is 0 Å². The third kappa shape index (κ3) is 6.14. The minimum Gasteiger partial charge on any atom is -0.392 e. The van der Waals surface area contributed by atoms with Gasteiger partial charge in [0.1, 0.15) is 17.7 Å². The fraction of sp³-hybridized carbons (Fsp3) is 0.324. The molecule has 3 heterocycles. The predicted molar refractivity (Wildman–Crippen MR) is 174 cm³/mol. The third-order valence-electron chi connectivity index (χ3n) is 8.74. The summed E-state index contributed by atoms with van der Waals surface area (Å²) in [7, 11) is -2.05. The lowest BCUT2D eigenvalue weighted by Crippen LogP contribution is -2.35. The highest BCUT2D eigenvalue weighted by atomic mass is 32.2. The Labute approximate surface area is 266 Å². The molecule has 4 bridgehead atoms. The molecule has 4 aromatic rings. The number of amides is 2. The van der Waals surface area contributed by atoms with Gasteiger partial charge in [0.15, 0.2) is 9.84 Å². The maximum absolute atomic E-state index is 14.8. The van der Waals surface area contributed by atoms with Gasteiger partial charge in [0, 0.05) is 35.7 Å². The molecule has 1 aliphatic carbocycles. The Morgan fingerprint density at radius 3 is 2.43 bits per heavy atom. The van der Waals surface area contributed by atoms with Crippen molar-refractivity contribution in [3.63, 3.8) is 0 Å². The number of nitrogen functional groups attached to an aromatic ring is 1. The molecule has 12 heteroatoms. The van der Waals surface area contributed by atoms with Crippen LogP contribution in [0.3, 0.4) is 0 Å². The summed E-state index contributed by atoms with van der Waals surface area (Å²) in [6.07, 6.45) is 1.29. The summed E-state index contributed by atoms with van der Waals surface area (Å²) < 4.78 is 41.6. The van der Waals surface area contributed by atoms with E-state index in [1.165, 1.54) is 17.0 Å². The number of benzene rings is 3. The van der Waals surface area contributed by atoms with E-state index in [0.29, 0.717) is 40.7 Å². The Morgan fingerprint density at radius 2 is 1.74 bits per heavy atom. The lowest BCUT2D eigenvalue weighted by Gasteiger charge is -2.28. The number of halogens is 1. The van der Waals surface area contributed by atoms with Gasteiger partial charge in [-0.1, -0.05) is 12.1 Å².